The predicted molar refractivity (Wildman–Crippen MR) is 117 cm³/mol. The van der Waals surface area contributed by atoms with Gasteiger partial charge in [0.15, 0.2) is 5.65 Å². The van der Waals surface area contributed by atoms with Gasteiger partial charge in [0.2, 0.25) is 5.95 Å². The highest BCUT2D eigenvalue weighted by atomic mass is 16.2. The average Bonchev–Trinajstić information content (AvgIpc) is 3.31. The van der Waals surface area contributed by atoms with E-state index in [0.717, 1.165) is 22.1 Å². The van der Waals surface area contributed by atoms with Gasteiger partial charge in [-0.15, -0.1) is 0 Å². The van der Waals surface area contributed by atoms with Crippen LogP contribution >= 0.6 is 0 Å². The van der Waals surface area contributed by atoms with Gasteiger partial charge in [-0.05, 0) is 13.0 Å². The molecule has 0 unspecified atom stereocenters. The Morgan fingerprint density at radius 1 is 1.13 bits per heavy atom. The fourth-order valence-corrected chi connectivity index (χ4v) is 4.06. The lowest BCUT2D eigenvalue weighted by Crippen LogP contribution is -2.55. The topological polar surface area (TPSA) is 136 Å². The van der Waals surface area contributed by atoms with Crippen molar-refractivity contribution in [3.63, 3.8) is 0 Å². The third-order valence-corrected chi connectivity index (χ3v) is 5.68. The molecule has 1 aliphatic rings. The van der Waals surface area contributed by atoms with Crippen LogP contribution in [0.5, 0.6) is 0 Å². The van der Waals surface area contributed by atoms with Gasteiger partial charge in [0.05, 0.1) is 28.7 Å². The second-order valence-electron chi connectivity index (χ2n) is 7.69. The van der Waals surface area contributed by atoms with Crippen LogP contribution < -0.4 is 16.0 Å². The molecular weight excluding hydrogens is 398 g/mol. The zero-order valence-electron chi connectivity index (χ0n) is 17.5. The lowest BCUT2D eigenvalue weighted by Gasteiger charge is -2.40. The van der Waals surface area contributed by atoms with E-state index in [4.69, 9.17) is 5.73 Å². The Labute approximate surface area is 177 Å². The summed E-state index contributed by atoms with van der Waals surface area (Å²) in [5.74, 6) is 1.45. The van der Waals surface area contributed by atoms with Gasteiger partial charge in [0, 0.05) is 46.0 Å². The normalized spacial score (nSPS) is 16.9. The van der Waals surface area contributed by atoms with Gasteiger partial charge >= 0.3 is 6.03 Å². The molecule has 12 nitrogen and oxygen atoms in total. The second kappa shape index (κ2) is 7.07. The summed E-state index contributed by atoms with van der Waals surface area (Å²) in [6.07, 6.45) is 5.12. The monoisotopic (exact) mass is 421 g/mol. The number of amides is 2. The van der Waals surface area contributed by atoms with Crippen LogP contribution in [0, 0.1) is 0 Å². The van der Waals surface area contributed by atoms with Crippen molar-refractivity contribution in [2.75, 3.05) is 35.6 Å². The van der Waals surface area contributed by atoms with Crippen LogP contribution in [0.1, 0.15) is 6.92 Å². The summed E-state index contributed by atoms with van der Waals surface area (Å²) in [6.45, 7) is 3.73. The van der Waals surface area contributed by atoms with Gasteiger partial charge in [-0.1, -0.05) is 0 Å². The minimum atomic E-state index is -0.191. The van der Waals surface area contributed by atoms with E-state index in [0.29, 0.717) is 31.1 Å². The van der Waals surface area contributed by atoms with Crippen molar-refractivity contribution in [3.8, 4) is 0 Å². The van der Waals surface area contributed by atoms with Crippen molar-refractivity contribution in [2.45, 2.75) is 13.0 Å². The number of urea groups is 1. The Balaban J connectivity index is 1.35. The molecule has 160 valence electrons. The molecule has 5 heterocycles. The average molecular weight is 421 g/mol. The number of nitrogens with two attached hydrogens (primary N) is 1. The molecule has 1 atom stereocenters. The largest absolute Gasteiger partial charge is 0.368 e. The number of anilines is 3. The number of nitrogens with zero attached hydrogens (tertiary/aromatic N) is 9. The van der Waals surface area contributed by atoms with E-state index in [1.54, 1.807) is 32.9 Å². The Kier molecular flexibility index (Phi) is 4.34. The molecule has 4 aromatic heterocycles. The van der Waals surface area contributed by atoms with Crippen molar-refractivity contribution < 1.29 is 4.79 Å². The van der Waals surface area contributed by atoms with E-state index in [9.17, 15) is 4.79 Å². The van der Waals surface area contributed by atoms with Gasteiger partial charge in [-0.3, -0.25) is 14.7 Å². The van der Waals surface area contributed by atoms with Gasteiger partial charge in [0.25, 0.3) is 0 Å². The molecule has 12 heteroatoms. The molecule has 4 aromatic rings. The molecule has 1 saturated heterocycles. The standard InChI is InChI=1S/C19H23N11O/c1-11-10-29(19(31)24-15-12-8-22-27(2)14(12)4-5-21-15)6-7-30(11)17-13-9-23-28(3)16(13)25-18(20)26-17/h4-5,8-9,11H,6-7,10H2,1-3H3,(H2,20,25,26)(H,21,24,31)/t11-/m0/s1. The Morgan fingerprint density at radius 2 is 1.90 bits per heavy atom. The summed E-state index contributed by atoms with van der Waals surface area (Å²) < 4.78 is 3.43. The van der Waals surface area contributed by atoms with Crippen molar-refractivity contribution in [2.24, 2.45) is 14.1 Å². The molecule has 0 aliphatic carbocycles. The molecule has 0 saturated carbocycles. The molecule has 0 radical (unpaired) electrons. The number of fused-ring (bicyclic) bond motifs is 2. The van der Waals surface area contributed by atoms with E-state index >= 15 is 0 Å². The van der Waals surface area contributed by atoms with Crippen LogP contribution in [-0.2, 0) is 14.1 Å². The number of piperazine rings is 1. The summed E-state index contributed by atoms with van der Waals surface area (Å²) in [4.78, 5) is 29.9. The molecule has 5 rings (SSSR count). The minimum absolute atomic E-state index is 0.0272. The summed E-state index contributed by atoms with van der Waals surface area (Å²) in [6, 6.07) is 1.70. The van der Waals surface area contributed by atoms with Crippen molar-refractivity contribution in [1.82, 2.24) is 39.4 Å². The number of carbonyl (C=O) groups excluding carboxylic acids is 1. The number of nitrogen functional groups attached to an aromatic ring is 1. The first-order valence-corrected chi connectivity index (χ1v) is 9.97. The maximum Gasteiger partial charge on any atom is 0.323 e. The second-order valence-corrected chi connectivity index (χ2v) is 7.69. The quantitative estimate of drug-likeness (QED) is 0.489. The molecule has 0 spiro atoms. The zero-order valence-corrected chi connectivity index (χ0v) is 17.5. The van der Waals surface area contributed by atoms with Gasteiger partial charge in [-0.25, -0.2) is 9.78 Å². The maximum absolute atomic E-state index is 12.9. The van der Waals surface area contributed by atoms with E-state index in [1.165, 1.54) is 0 Å². The van der Waals surface area contributed by atoms with Crippen molar-refractivity contribution >= 4 is 45.6 Å². The number of aromatic nitrogens is 7. The summed E-state index contributed by atoms with van der Waals surface area (Å²) >= 11 is 0. The Bertz CT molecular complexity index is 1290. The highest BCUT2D eigenvalue weighted by Crippen LogP contribution is 2.28. The molecule has 2 amide bonds. The first-order chi connectivity index (χ1) is 14.9. The van der Waals surface area contributed by atoms with Crippen LogP contribution in [-0.4, -0.2) is 71.1 Å². The van der Waals surface area contributed by atoms with Gasteiger partial charge in [-0.2, -0.15) is 20.2 Å². The first kappa shape index (κ1) is 19.0. The number of carbonyl (C=O) groups is 1. The molecule has 0 aromatic carbocycles. The van der Waals surface area contributed by atoms with E-state index in [1.807, 2.05) is 20.2 Å². The zero-order chi connectivity index (χ0) is 21.7. The summed E-state index contributed by atoms with van der Waals surface area (Å²) in [5.41, 5.74) is 7.53. The molecule has 1 aliphatic heterocycles. The van der Waals surface area contributed by atoms with Crippen LogP contribution in [0.4, 0.5) is 22.4 Å². The molecule has 1 fully saturated rings. The molecule has 3 N–H and O–H groups in total. The lowest BCUT2D eigenvalue weighted by atomic mass is 10.2. The van der Waals surface area contributed by atoms with Crippen LogP contribution in [0.15, 0.2) is 24.7 Å². The van der Waals surface area contributed by atoms with E-state index < -0.39 is 0 Å². The third-order valence-electron chi connectivity index (χ3n) is 5.68. The highest BCUT2D eigenvalue weighted by molar-refractivity contribution is 5.98. The highest BCUT2D eigenvalue weighted by Gasteiger charge is 2.30. The molecule has 31 heavy (non-hydrogen) atoms. The fraction of sp³-hybridized carbons (Fsp3) is 0.368. The first-order valence-electron chi connectivity index (χ1n) is 9.97. The summed E-state index contributed by atoms with van der Waals surface area (Å²) in [5, 5.41) is 13.1. The van der Waals surface area contributed by atoms with E-state index in [2.05, 4.69) is 42.3 Å². The number of nitrogens with one attached hydrogen (secondary N) is 1. The predicted octanol–water partition coefficient (Wildman–Crippen LogP) is 0.970. The summed E-state index contributed by atoms with van der Waals surface area (Å²) in [7, 11) is 3.68. The molecule has 0 bridgehead atoms. The maximum atomic E-state index is 12.9. The smallest absolute Gasteiger partial charge is 0.323 e. The van der Waals surface area contributed by atoms with Gasteiger partial charge < -0.3 is 15.5 Å². The number of hydrogen-bond donors (Lipinski definition) is 2. The van der Waals surface area contributed by atoms with Crippen molar-refractivity contribution in [1.29, 1.82) is 0 Å². The van der Waals surface area contributed by atoms with Crippen LogP contribution in [0.3, 0.4) is 0 Å². The third kappa shape index (κ3) is 3.16. The van der Waals surface area contributed by atoms with Crippen LogP contribution in [0.2, 0.25) is 0 Å². The number of pyridine rings is 1. The van der Waals surface area contributed by atoms with Crippen molar-refractivity contribution in [3.05, 3.63) is 24.7 Å². The van der Waals surface area contributed by atoms with E-state index in [-0.39, 0.29) is 18.0 Å². The molecular formula is C19H23N11O. The van der Waals surface area contributed by atoms with Crippen LogP contribution in [0.25, 0.3) is 21.9 Å². The number of aryl methyl sites for hydroxylation is 2. The SMILES string of the molecule is C[C@H]1CN(C(=O)Nc2nccc3c2cnn3C)CCN1c1nc(N)nc2c1cnn2C. The fourth-order valence-electron chi connectivity index (χ4n) is 4.06. The lowest BCUT2D eigenvalue weighted by molar-refractivity contribution is 0.200. The number of hydrogen-bond acceptors (Lipinski definition) is 8. The Hall–Kier alpha value is -3.96. The van der Waals surface area contributed by atoms with Gasteiger partial charge in [0.1, 0.15) is 11.6 Å². The number of rotatable bonds is 2. The minimum Gasteiger partial charge on any atom is -0.368 e. The Morgan fingerprint density at radius 3 is 2.71 bits per heavy atom.